The summed E-state index contributed by atoms with van der Waals surface area (Å²) in [6.45, 7) is 3.40. The van der Waals surface area contributed by atoms with Crippen LogP contribution in [0.4, 0.5) is 4.39 Å². The van der Waals surface area contributed by atoms with Crippen molar-refractivity contribution in [3.63, 3.8) is 0 Å². The Labute approximate surface area is 125 Å². The predicted octanol–water partition coefficient (Wildman–Crippen LogP) is 4.85. The van der Waals surface area contributed by atoms with Crippen LogP contribution in [-0.2, 0) is 6.54 Å². The Morgan fingerprint density at radius 1 is 1.16 bits per heavy atom. The van der Waals surface area contributed by atoms with Gasteiger partial charge in [0.05, 0.1) is 0 Å². The van der Waals surface area contributed by atoms with Crippen LogP contribution in [0.3, 0.4) is 0 Å². The largest absolute Gasteiger partial charge is 0.313 e. The maximum atomic E-state index is 13.9. The van der Waals surface area contributed by atoms with Crippen molar-refractivity contribution in [2.45, 2.75) is 23.3 Å². The Hall–Kier alpha value is -0.840. The normalized spacial score (nSPS) is 10.7. The summed E-state index contributed by atoms with van der Waals surface area (Å²) >= 11 is 5.00. The monoisotopic (exact) mass is 339 g/mol. The summed E-state index contributed by atoms with van der Waals surface area (Å²) in [6, 6.07) is 13.3. The van der Waals surface area contributed by atoms with Crippen LogP contribution in [-0.4, -0.2) is 6.54 Å². The van der Waals surface area contributed by atoms with Gasteiger partial charge in [0.15, 0.2) is 0 Å². The van der Waals surface area contributed by atoms with E-state index >= 15 is 0 Å². The molecular formula is C15H15BrFNS. The van der Waals surface area contributed by atoms with Crippen molar-refractivity contribution in [1.82, 2.24) is 5.32 Å². The average molecular weight is 340 g/mol. The van der Waals surface area contributed by atoms with Crippen LogP contribution in [0.1, 0.15) is 12.5 Å². The first kappa shape index (κ1) is 14.6. The van der Waals surface area contributed by atoms with Crippen LogP contribution >= 0.6 is 27.7 Å². The van der Waals surface area contributed by atoms with Crippen molar-refractivity contribution in [2.24, 2.45) is 0 Å². The number of hydrogen-bond acceptors (Lipinski definition) is 2. The lowest BCUT2D eigenvalue weighted by molar-refractivity contribution is 0.586. The predicted molar refractivity (Wildman–Crippen MR) is 82.0 cm³/mol. The zero-order valence-corrected chi connectivity index (χ0v) is 13.0. The third-order valence-corrected chi connectivity index (χ3v) is 4.31. The fourth-order valence-electron chi connectivity index (χ4n) is 1.69. The Balaban J connectivity index is 2.23. The highest BCUT2D eigenvalue weighted by Gasteiger charge is 2.09. The second kappa shape index (κ2) is 7.08. The van der Waals surface area contributed by atoms with E-state index in [2.05, 4.69) is 21.2 Å². The van der Waals surface area contributed by atoms with Crippen LogP contribution in [0.25, 0.3) is 0 Å². The van der Waals surface area contributed by atoms with Gasteiger partial charge in [0.25, 0.3) is 0 Å². The van der Waals surface area contributed by atoms with Gasteiger partial charge in [0.1, 0.15) is 5.82 Å². The van der Waals surface area contributed by atoms with Crippen LogP contribution in [0, 0.1) is 5.82 Å². The summed E-state index contributed by atoms with van der Waals surface area (Å²) in [5.74, 6) is -0.150. The SMILES string of the molecule is CCNCc1c(F)cccc1Sc1ccc(Br)cc1. The van der Waals surface area contributed by atoms with E-state index in [1.54, 1.807) is 17.8 Å². The Kier molecular flexibility index (Phi) is 5.43. The highest BCUT2D eigenvalue weighted by molar-refractivity contribution is 9.10. The summed E-state index contributed by atoms with van der Waals surface area (Å²) < 4.78 is 14.9. The molecule has 2 aromatic carbocycles. The molecule has 0 atom stereocenters. The third kappa shape index (κ3) is 4.06. The molecule has 100 valence electrons. The molecule has 1 N–H and O–H groups in total. The van der Waals surface area contributed by atoms with E-state index in [1.165, 1.54) is 6.07 Å². The van der Waals surface area contributed by atoms with E-state index < -0.39 is 0 Å². The topological polar surface area (TPSA) is 12.0 Å². The van der Waals surface area contributed by atoms with E-state index in [0.717, 1.165) is 26.4 Å². The van der Waals surface area contributed by atoms with Crippen molar-refractivity contribution < 1.29 is 4.39 Å². The fourth-order valence-corrected chi connectivity index (χ4v) is 2.92. The number of nitrogens with one attached hydrogen (secondary N) is 1. The maximum Gasteiger partial charge on any atom is 0.128 e. The van der Waals surface area contributed by atoms with Gasteiger partial charge in [0, 0.05) is 26.4 Å². The summed E-state index contributed by atoms with van der Waals surface area (Å²) in [4.78, 5) is 2.06. The van der Waals surface area contributed by atoms with Crippen LogP contribution < -0.4 is 5.32 Å². The van der Waals surface area contributed by atoms with Crippen molar-refractivity contribution >= 4 is 27.7 Å². The molecule has 0 unspecified atom stereocenters. The maximum absolute atomic E-state index is 13.9. The Morgan fingerprint density at radius 2 is 1.89 bits per heavy atom. The molecule has 19 heavy (non-hydrogen) atoms. The van der Waals surface area contributed by atoms with E-state index in [1.807, 2.05) is 37.3 Å². The zero-order valence-electron chi connectivity index (χ0n) is 10.6. The van der Waals surface area contributed by atoms with Crippen molar-refractivity contribution in [3.05, 3.63) is 58.3 Å². The quantitative estimate of drug-likeness (QED) is 0.835. The molecule has 0 aliphatic carbocycles. The molecule has 0 fully saturated rings. The lowest BCUT2D eigenvalue weighted by Crippen LogP contribution is -2.13. The molecule has 0 saturated carbocycles. The smallest absolute Gasteiger partial charge is 0.128 e. The molecule has 2 rings (SSSR count). The minimum absolute atomic E-state index is 0.150. The Bertz CT molecular complexity index is 542. The van der Waals surface area contributed by atoms with E-state index in [4.69, 9.17) is 0 Å². The van der Waals surface area contributed by atoms with E-state index in [0.29, 0.717) is 6.54 Å². The van der Waals surface area contributed by atoms with Crippen molar-refractivity contribution in [2.75, 3.05) is 6.54 Å². The summed E-state index contributed by atoms with van der Waals surface area (Å²) in [5, 5.41) is 3.18. The number of rotatable bonds is 5. The van der Waals surface area contributed by atoms with Gasteiger partial charge in [-0.15, -0.1) is 0 Å². The molecule has 0 bridgehead atoms. The minimum atomic E-state index is -0.150. The lowest BCUT2D eigenvalue weighted by Gasteiger charge is -2.10. The molecule has 0 aromatic heterocycles. The molecule has 4 heteroatoms. The fraction of sp³-hybridized carbons (Fsp3) is 0.200. The summed E-state index contributed by atoms with van der Waals surface area (Å²) in [6.07, 6.45) is 0. The molecule has 2 aromatic rings. The van der Waals surface area contributed by atoms with Gasteiger partial charge >= 0.3 is 0 Å². The number of halogens is 2. The standard InChI is InChI=1S/C15H15BrFNS/c1-2-18-10-13-14(17)4-3-5-15(13)19-12-8-6-11(16)7-9-12/h3-9,18H,2,10H2,1H3. The third-order valence-electron chi connectivity index (χ3n) is 2.67. The van der Waals surface area contributed by atoms with Gasteiger partial charge in [0.2, 0.25) is 0 Å². The van der Waals surface area contributed by atoms with Gasteiger partial charge < -0.3 is 5.32 Å². The second-order valence-corrected chi connectivity index (χ2v) is 6.08. The van der Waals surface area contributed by atoms with Gasteiger partial charge in [-0.2, -0.15) is 0 Å². The van der Waals surface area contributed by atoms with Crippen molar-refractivity contribution in [3.8, 4) is 0 Å². The lowest BCUT2D eigenvalue weighted by atomic mass is 10.2. The molecule has 0 heterocycles. The second-order valence-electron chi connectivity index (χ2n) is 4.05. The van der Waals surface area contributed by atoms with Crippen molar-refractivity contribution in [1.29, 1.82) is 0 Å². The summed E-state index contributed by atoms with van der Waals surface area (Å²) in [5.41, 5.74) is 0.734. The zero-order chi connectivity index (χ0) is 13.7. The van der Waals surface area contributed by atoms with E-state index in [-0.39, 0.29) is 5.82 Å². The van der Waals surface area contributed by atoms with Gasteiger partial charge in [-0.3, -0.25) is 0 Å². The molecule has 0 spiro atoms. The van der Waals surface area contributed by atoms with Crippen LogP contribution in [0.5, 0.6) is 0 Å². The van der Waals surface area contributed by atoms with Gasteiger partial charge in [-0.1, -0.05) is 40.7 Å². The molecule has 1 nitrogen and oxygen atoms in total. The van der Waals surface area contributed by atoms with Crippen LogP contribution in [0.15, 0.2) is 56.7 Å². The molecular weight excluding hydrogens is 325 g/mol. The highest BCUT2D eigenvalue weighted by atomic mass is 79.9. The molecule has 0 amide bonds. The summed E-state index contributed by atoms with van der Waals surface area (Å²) in [7, 11) is 0. The molecule has 0 aliphatic heterocycles. The Morgan fingerprint density at radius 3 is 2.58 bits per heavy atom. The average Bonchev–Trinajstić information content (AvgIpc) is 2.41. The van der Waals surface area contributed by atoms with Gasteiger partial charge in [-0.05, 0) is 42.9 Å². The van der Waals surface area contributed by atoms with E-state index in [9.17, 15) is 4.39 Å². The van der Waals surface area contributed by atoms with Crippen LogP contribution in [0.2, 0.25) is 0 Å². The number of benzene rings is 2. The number of hydrogen-bond donors (Lipinski definition) is 1. The first-order valence-corrected chi connectivity index (χ1v) is 7.73. The molecule has 0 saturated heterocycles. The first-order chi connectivity index (χ1) is 9.20. The van der Waals surface area contributed by atoms with Gasteiger partial charge in [-0.25, -0.2) is 4.39 Å². The molecule has 0 radical (unpaired) electrons. The minimum Gasteiger partial charge on any atom is -0.313 e. The first-order valence-electron chi connectivity index (χ1n) is 6.12. The highest BCUT2D eigenvalue weighted by Crippen LogP contribution is 2.32. The molecule has 0 aliphatic rings.